The minimum atomic E-state index is -2.04. The Kier molecular flexibility index (Phi) is 12.9. The van der Waals surface area contributed by atoms with Gasteiger partial charge < -0.3 is 28.7 Å². The molecule has 0 bridgehead atoms. The number of esters is 1. The first-order valence-corrected chi connectivity index (χ1v) is 18.7. The average molecular weight is 650 g/mol. The number of nitrogens with one attached hydrogen (secondary N) is 1. The minimum absolute atomic E-state index is 0.0226. The van der Waals surface area contributed by atoms with Crippen molar-refractivity contribution < 1.29 is 33.0 Å². The molecule has 3 rings (SSSR count). The molecule has 3 aromatic carbocycles. The predicted molar refractivity (Wildman–Crippen MR) is 184 cm³/mol. The fraction of sp³-hybridized carbons (Fsp3) is 0.459. The number of amides is 1. The van der Waals surface area contributed by atoms with E-state index >= 15 is 0 Å². The minimum Gasteiger partial charge on any atom is -0.485 e. The van der Waals surface area contributed by atoms with Crippen LogP contribution in [0.25, 0.3) is 0 Å². The molecule has 250 valence electrons. The van der Waals surface area contributed by atoms with Gasteiger partial charge in [-0.25, -0.2) is 9.59 Å². The van der Waals surface area contributed by atoms with Crippen molar-refractivity contribution in [2.45, 2.75) is 104 Å². The van der Waals surface area contributed by atoms with E-state index < -0.39 is 38.1 Å². The van der Waals surface area contributed by atoms with Crippen LogP contribution in [0.2, 0.25) is 18.1 Å². The lowest BCUT2D eigenvalue weighted by Gasteiger charge is -2.36. The summed E-state index contributed by atoms with van der Waals surface area (Å²) in [5, 5.41) is 2.75. The Labute approximate surface area is 275 Å². The number of alkyl carbamates (subject to hydrolysis) is 1. The van der Waals surface area contributed by atoms with Gasteiger partial charge in [0, 0.05) is 6.42 Å². The van der Waals surface area contributed by atoms with E-state index in [1.165, 1.54) is 0 Å². The quantitative estimate of drug-likeness (QED) is 0.139. The average Bonchev–Trinajstić information content (AvgIpc) is 2.97. The summed E-state index contributed by atoms with van der Waals surface area (Å²) in [6.45, 7) is 18.9. The lowest BCUT2D eigenvalue weighted by molar-refractivity contribution is -0.152. The lowest BCUT2D eigenvalue weighted by Crippen LogP contribution is -2.47. The van der Waals surface area contributed by atoms with Gasteiger partial charge in [-0.2, -0.15) is 0 Å². The number of hydrogen-bond acceptors (Lipinski definition) is 7. The molecule has 0 unspecified atom stereocenters. The molecule has 0 aliphatic rings. The highest BCUT2D eigenvalue weighted by atomic mass is 28.4. The third-order valence-electron chi connectivity index (χ3n) is 7.70. The first-order chi connectivity index (χ1) is 21.5. The Morgan fingerprint density at radius 2 is 1.30 bits per heavy atom. The third-order valence-corrected chi connectivity index (χ3v) is 12.2. The molecule has 1 N–H and O–H groups in total. The van der Waals surface area contributed by atoms with Gasteiger partial charge in [-0.1, -0.05) is 87.5 Å². The fourth-order valence-electron chi connectivity index (χ4n) is 4.12. The maximum atomic E-state index is 13.5. The molecule has 0 fully saturated rings. The molecule has 8 nitrogen and oxygen atoms in total. The van der Waals surface area contributed by atoms with Crippen LogP contribution in [0.1, 0.15) is 65.2 Å². The smallest absolute Gasteiger partial charge is 0.408 e. The predicted octanol–water partition coefficient (Wildman–Crippen LogP) is 8.23. The molecule has 0 aliphatic heterocycles. The van der Waals surface area contributed by atoms with E-state index in [1.54, 1.807) is 27.7 Å². The largest absolute Gasteiger partial charge is 0.485 e. The van der Waals surface area contributed by atoms with Gasteiger partial charge in [0.1, 0.15) is 31.0 Å². The van der Waals surface area contributed by atoms with Crippen LogP contribution in [-0.4, -0.2) is 44.7 Å². The zero-order valence-corrected chi connectivity index (χ0v) is 29.8. The van der Waals surface area contributed by atoms with Crippen LogP contribution in [0.3, 0.4) is 0 Å². The summed E-state index contributed by atoms with van der Waals surface area (Å²) < 4.78 is 29.9. The Hall–Kier alpha value is -3.82. The van der Waals surface area contributed by atoms with Crippen molar-refractivity contribution in [2.75, 3.05) is 6.61 Å². The van der Waals surface area contributed by atoms with Gasteiger partial charge >= 0.3 is 12.1 Å². The number of carbonyl (C=O) groups is 2. The van der Waals surface area contributed by atoms with Gasteiger partial charge in [0.25, 0.3) is 0 Å². The summed E-state index contributed by atoms with van der Waals surface area (Å²) in [5.41, 5.74) is 2.04. The molecule has 0 saturated carbocycles. The second kappa shape index (κ2) is 16.1. The summed E-state index contributed by atoms with van der Waals surface area (Å²) in [6, 6.07) is 24.2. The summed E-state index contributed by atoms with van der Waals surface area (Å²) in [4.78, 5) is 26.3. The van der Waals surface area contributed by atoms with E-state index in [0.29, 0.717) is 24.7 Å². The molecule has 0 radical (unpaired) electrons. The molecule has 0 aromatic heterocycles. The monoisotopic (exact) mass is 649 g/mol. The van der Waals surface area contributed by atoms with Crippen molar-refractivity contribution in [3.63, 3.8) is 0 Å². The van der Waals surface area contributed by atoms with Gasteiger partial charge in [0.2, 0.25) is 0 Å². The van der Waals surface area contributed by atoms with Crippen molar-refractivity contribution in [1.82, 2.24) is 5.32 Å². The Morgan fingerprint density at radius 3 is 1.83 bits per heavy atom. The topological polar surface area (TPSA) is 92.3 Å². The van der Waals surface area contributed by atoms with Gasteiger partial charge in [-0.05, 0) is 74.7 Å². The van der Waals surface area contributed by atoms with Crippen molar-refractivity contribution in [2.24, 2.45) is 0 Å². The highest BCUT2D eigenvalue weighted by Crippen LogP contribution is 2.36. The molecule has 0 aliphatic carbocycles. The molecule has 3 aromatic rings. The molecule has 0 saturated heterocycles. The number of benzene rings is 3. The zero-order valence-electron chi connectivity index (χ0n) is 28.8. The first kappa shape index (κ1) is 36.6. The number of hydrogen-bond donors (Lipinski definition) is 1. The Balaban J connectivity index is 1.81. The molecule has 9 heteroatoms. The van der Waals surface area contributed by atoms with Crippen molar-refractivity contribution in [3.8, 4) is 11.5 Å². The zero-order chi connectivity index (χ0) is 34.0. The van der Waals surface area contributed by atoms with Gasteiger partial charge in [-0.15, -0.1) is 0 Å². The lowest BCUT2D eigenvalue weighted by atomic mass is 10.0. The highest BCUT2D eigenvalue weighted by molar-refractivity contribution is 6.74. The van der Waals surface area contributed by atoms with Gasteiger partial charge in [0.15, 0.2) is 19.8 Å². The summed E-state index contributed by atoms with van der Waals surface area (Å²) in [7, 11) is -2.04. The van der Waals surface area contributed by atoms with Crippen LogP contribution in [0.15, 0.2) is 78.9 Å². The van der Waals surface area contributed by atoms with Gasteiger partial charge in [-0.3, -0.25) is 0 Å². The molecular formula is C37H51NO7Si. The molecular weight excluding hydrogens is 598 g/mol. The maximum absolute atomic E-state index is 13.5. The van der Waals surface area contributed by atoms with Crippen LogP contribution in [0.4, 0.5) is 4.79 Å². The molecule has 2 atom stereocenters. The maximum Gasteiger partial charge on any atom is 0.408 e. The molecule has 46 heavy (non-hydrogen) atoms. The van der Waals surface area contributed by atoms with E-state index in [-0.39, 0.29) is 18.1 Å². The third kappa shape index (κ3) is 12.2. The van der Waals surface area contributed by atoms with Crippen LogP contribution < -0.4 is 14.8 Å². The van der Waals surface area contributed by atoms with E-state index in [0.717, 1.165) is 16.7 Å². The second-order valence-corrected chi connectivity index (χ2v) is 18.9. The number of rotatable bonds is 14. The van der Waals surface area contributed by atoms with Crippen molar-refractivity contribution in [3.05, 3.63) is 95.6 Å². The molecule has 0 heterocycles. The van der Waals surface area contributed by atoms with Crippen LogP contribution in [0.5, 0.6) is 11.5 Å². The SMILES string of the molecule is C[C@H](CO[Si](C)(C)C(C)(C)C)OC(=O)[C@H](Cc1ccc(OCc2ccccc2)c(OCc2ccccc2)c1)NC(=O)OC(C)(C)C. The number of ether oxygens (including phenoxy) is 4. The molecule has 1 amide bonds. The Bertz CT molecular complexity index is 1400. The molecule has 0 spiro atoms. The highest BCUT2D eigenvalue weighted by Gasteiger charge is 2.38. The van der Waals surface area contributed by atoms with Crippen LogP contribution in [-0.2, 0) is 38.3 Å². The van der Waals surface area contributed by atoms with Gasteiger partial charge in [0.05, 0.1) is 6.61 Å². The summed E-state index contributed by atoms with van der Waals surface area (Å²) in [6.07, 6.45) is -1.07. The van der Waals surface area contributed by atoms with E-state index in [4.69, 9.17) is 23.4 Å². The van der Waals surface area contributed by atoms with Crippen LogP contribution in [0, 0.1) is 0 Å². The summed E-state index contributed by atoms with van der Waals surface area (Å²) >= 11 is 0. The van der Waals surface area contributed by atoms with E-state index in [1.807, 2.05) is 78.9 Å². The van der Waals surface area contributed by atoms with E-state index in [2.05, 4.69) is 39.2 Å². The number of carbonyl (C=O) groups excluding carboxylic acids is 2. The standard InChI is InChI=1S/C37H51NO7Si/c1-27(24-43-46(8,9)37(5,6)7)44-34(39)31(38-35(40)45-36(2,3)4)22-30-20-21-32(41-25-28-16-12-10-13-17-28)33(23-30)42-26-29-18-14-11-15-19-29/h10-21,23,27,31H,22,24-26H2,1-9H3,(H,38,40)/t27-,31+/m1/s1. The second-order valence-electron chi connectivity index (χ2n) is 14.1. The Morgan fingerprint density at radius 1 is 0.761 bits per heavy atom. The first-order valence-electron chi connectivity index (χ1n) is 15.8. The summed E-state index contributed by atoms with van der Waals surface area (Å²) in [5.74, 6) is 0.519. The van der Waals surface area contributed by atoms with E-state index in [9.17, 15) is 9.59 Å². The van der Waals surface area contributed by atoms with Crippen molar-refractivity contribution >= 4 is 20.4 Å². The van der Waals surface area contributed by atoms with Crippen molar-refractivity contribution in [1.29, 1.82) is 0 Å². The normalized spacial score (nSPS) is 13.3. The fourth-order valence-corrected chi connectivity index (χ4v) is 5.20. The van der Waals surface area contributed by atoms with Crippen LogP contribution >= 0.6 is 0 Å².